The highest BCUT2D eigenvalue weighted by molar-refractivity contribution is 5.79. The SMILES string of the molecule is CC(C)C(C)C(=O)N1C[C@@H]2CCN[C@@H]2C1. The van der Waals surface area contributed by atoms with Crippen molar-refractivity contribution >= 4 is 5.91 Å². The summed E-state index contributed by atoms with van der Waals surface area (Å²) in [5.41, 5.74) is 0. The van der Waals surface area contributed by atoms with Crippen LogP contribution in [0.15, 0.2) is 0 Å². The summed E-state index contributed by atoms with van der Waals surface area (Å²) in [6.07, 6.45) is 1.24. The predicted octanol–water partition coefficient (Wildman–Crippen LogP) is 1.10. The Bertz CT molecular complexity index is 240. The van der Waals surface area contributed by atoms with E-state index in [0.717, 1.165) is 19.6 Å². The summed E-state index contributed by atoms with van der Waals surface area (Å²) < 4.78 is 0. The van der Waals surface area contributed by atoms with Gasteiger partial charge in [0.15, 0.2) is 0 Å². The molecule has 2 saturated heterocycles. The van der Waals surface area contributed by atoms with Crippen molar-refractivity contribution in [3.8, 4) is 0 Å². The smallest absolute Gasteiger partial charge is 0.225 e. The molecule has 0 aromatic rings. The molecule has 0 aromatic heterocycles. The van der Waals surface area contributed by atoms with Crippen molar-refractivity contribution in [2.24, 2.45) is 17.8 Å². The Morgan fingerprint density at radius 1 is 1.33 bits per heavy atom. The number of carbonyl (C=O) groups is 1. The lowest BCUT2D eigenvalue weighted by Crippen LogP contribution is -2.38. The van der Waals surface area contributed by atoms with Gasteiger partial charge in [-0.25, -0.2) is 0 Å². The minimum Gasteiger partial charge on any atom is -0.341 e. The molecule has 2 heterocycles. The fraction of sp³-hybridized carbons (Fsp3) is 0.917. The molecule has 86 valence electrons. The summed E-state index contributed by atoms with van der Waals surface area (Å²) in [5, 5.41) is 3.48. The molecule has 3 nitrogen and oxygen atoms in total. The Labute approximate surface area is 92.2 Å². The van der Waals surface area contributed by atoms with E-state index in [9.17, 15) is 4.79 Å². The fourth-order valence-electron chi connectivity index (χ4n) is 2.60. The lowest BCUT2D eigenvalue weighted by molar-refractivity contribution is -0.135. The van der Waals surface area contributed by atoms with E-state index in [-0.39, 0.29) is 5.92 Å². The molecule has 0 aromatic carbocycles. The summed E-state index contributed by atoms with van der Waals surface area (Å²) in [5.74, 6) is 1.68. The van der Waals surface area contributed by atoms with Gasteiger partial charge in [0.2, 0.25) is 5.91 Å². The third-order valence-corrected chi connectivity index (χ3v) is 4.06. The lowest BCUT2D eigenvalue weighted by atomic mass is 9.97. The van der Waals surface area contributed by atoms with Crippen LogP contribution in [0.2, 0.25) is 0 Å². The number of hydrogen-bond donors (Lipinski definition) is 1. The van der Waals surface area contributed by atoms with Crippen LogP contribution in [-0.2, 0) is 4.79 Å². The molecule has 1 amide bonds. The van der Waals surface area contributed by atoms with Crippen molar-refractivity contribution in [3.05, 3.63) is 0 Å². The van der Waals surface area contributed by atoms with Crippen molar-refractivity contribution in [3.63, 3.8) is 0 Å². The Balaban J connectivity index is 1.93. The number of likely N-dealkylation sites (tertiary alicyclic amines) is 1. The van der Waals surface area contributed by atoms with Gasteiger partial charge in [-0.15, -0.1) is 0 Å². The zero-order chi connectivity index (χ0) is 11.0. The molecule has 0 aliphatic carbocycles. The molecule has 2 fully saturated rings. The number of nitrogens with zero attached hydrogens (tertiary/aromatic N) is 1. The molecular formula is C12H22N2O. The Morgan fingerprint density at radius 2 is 2.07 bits per heavy atom. The first kappa shape index (κ1) is 10.9. The molecule has 2 rings (SSSR count). The van der Waals surface area contributed by atoms with Gasteiger partial charge in [-0.05, 0) is 24.8 Å². The van der Waals surface area contributed by atoms with E-state index < -0.39 is 0 Å². The number of rotatable bonds is 2. The van der Waals surface area contributed by atoms with Crippen LogP contribution in [0.25, 0.3) is 0 Å². The van der Waals surface area contributed by atoms with Crippen LogP contribution in [0, 0.1) is 17.8 Å². The highest BCUT2D eigenvalue weighted by atomic mass is 16.2. The number of hydrogen-bond acceptors (Lipinski definition) is 2. The first-order valence-electron chi connectivity index (χ1n) is 6.11. The van der Waals surface area contributed by atoms with Crippen molar-refractivity contribution < 1.29 is 4.79 Å². The molecule has 0 radical (unpaired) electrons. The molecule has 15 heavy (non-hydrogen) atoms. The normalized spacial score (nSPS) is 32.1. The van der Waals surface area contributed by atoms with E-state index in [1.54, 1.807) is 0 Å². The van der Waals surface area contributed by atoms with Crippen LogP contribution < -0.4 is 5.32 Å². The van der Waals surface area contributed by atoms with Crippen molar-refractivity contribution in [1.82, 2.24) is 10.2 Å². The van der Waals surface area contributed by atoms with Gasteiger partial charge in [-0.1, -0.05) is 20.8 Å². The molecule has 0 spiro atoms. The van der Waals surface area contributed by atoms with Crippen LogP contribution >= 0.6 is 0 Å². The summed E-state index contributed by atoms with van der Waals surface area (Å²) in [4.78, 5) is 14.2. The van der Waals surface area contributed by atoms with E-state index in [1.807, 2.05) is 0 Å². The highest BCUT2D eigenvalue weighted by Gasteiger charge is 2.39. The summed E-state index contributed by atoms with van der Waals surface area (Å²) in [6, 6.07) is 0.577. The van der Waals surface area contributed by atoms with E-state index in [2.05, 4.69) is 31.0 Å². The Kier molecular flexibility index (Phi) is 3.01. The summed E-state index contributed by atoms with van der Waals surface area (Å²) >= 11 is 0. The zero-order valence-corrected chi connectivity index (χ0v) is 9.99. The van der Waals surface area contributed by atoms with Crippen LogP contribution in [0.4, 0.5) is 0 Å². The number of nitrogens with one attached hydrogen (secondary N) is 1. The number of amides is 1. The van der Waals surface area contributed by atoms with Gasteiger partial charge >= 0.3 is 0 Å². The first-order valence-corrected chi connectivity index (χ1v) is 6.11. The molecule has 1 N–H and O–H groups in total. The molecule has 2 aliphatic rings. The van der Waals surface area contributed by atoms with Crippen molar-refractivity contribution in [2.75, 3.05) is 19.6 Å². The average Bonchev–Trinajstić information content (AvgIpc) is 2.74. The van der Waals surface area contributed by atoms with E-state index >= 15 is 0 Å². The maximum atomic E-state index is 12.1. The fourth-order valence-corrected chi connectivity index (χ4v) is 2.60. The van der Waals surface area contributed by atoms with Crippen LogP contribution in [-0.4, -0.2) is 36.5 Å². The number of carbonyl (C=O) groups excluding carboxylic acids is 1. The van der Waals surface area contributed by atoms with Crippen LogP contribution in [0.3, 0.4) is 0 Å². The standard InChI is InChI=1S/C12H22N2O/c1-8(2)9(3)12(15)14-6-10-4-5-13-11(10)7-14/h8-11,13H,4-7H2,1-3H3/t9?,10-,11+/m0/s1. The van der Waals surface area contributed by atoms with Gasteiger partial charge in [0, 0.05) is 25.0 Å². The van der Waals surface area contributed by atoms with Gasteiger partial charge in [-0.3, -0.25) is 4.79 Å². The maximum absolute atomic E-state index is 12.1. The van der Waals surface area contributed by atoms with E-state index in [4.69, 9.17) is 0 Å². The minimum atomic E-state index is 0.170. The quantitative estimate of drug-likeness (QED) is 0.740. The molecule has 1 unspecified atom stereocenters. The van der Waals surface area contributed by atoms with Crippen molar-refractivity contribution in [1.29, 1.82) is 0 Å². The second kappa shape index (κ2) is 4.12. The molecule has 0 bridgehead atoms. The predicted molar refractivity (Wildman–Crippen MR) is 60.5 cm³/mol. The molecule has 3 atom stereocenters. The van der Waals surface area contributed by atoms with Crippen molar-refractivity contribution in [2.45, 2.75) is 33.2 Å². The molecular weight excluding hydrogens is 188 g/mol. The third kappa shape index (κ3) is 2.03. The topological polar surface area (TPSA) is 32.3 Å². The highest BCUT2D eigenvalue weighted by Crippen LogP contribution is 2.26. The first-order chi connectivity index (χ1) is 7.09. The second-order valence-electron chi connectivity index (χ2n) is 5.39. The minimum absolute atomic E-state index is 0.170. The van der Waals surface area contributed by atoms with Gasteiger partial charge in [0.25, 0.3) is 0 Å². The monoisotopic (exact) mass is 210 g/mol. The molecule has 0 saturated carbocycles. The van der Waals surface area contributed by atoms with Gasteiger partial charge in [0.05, 0.1) is 0 Å². The number of fused-ring (bicyclic) bond motifs is 1. The van der Waals surface area contributed by atoms with Gasteiger partial charge in [-0.2, -0.15) is 0 Å². The largest absolute Gasteiger partial charge is 0.341 e. The zero-order valence-electron chi connectivity index (χ0n) is 9.99. The average molecular weight is 210 g/mol. The van der Waals surface area contributed by atoms with Gasteiger partial charge < -0.3 is 10.2 Å². The third-order valence-electron chi connectivity index (χ3n) is 4.06. The molecule has 3 heteroatoms. The molecule has 2 aliphatic heterocycles. The lowest BCUT2D eigenvalue weighted by Gasteiger charge is -2.23. The van der Waals surface area contributed by atoms with Gasteiger partial charge in [0.1, 0.15) is 0 Å². The Morgan fingerprint density at radius 3 is 2.67 bits per heavy atom. The maximum Gasteiger partial charge on any atom is 0.225 e. The summed E-state index contributed by atoms with van der Waals surface area (Å²) in [7, 11) is 0. The summed E-state index contributed by atoms with van der Waals surface area (Å²) in [6.45, 7) is 9.34. The van der Waals surface area contributed by atoms with Crippen LogP contribution in [0.5, 0.6) is 0 Å². The Hall–Kier alpha value is -0.570. The van der Waals surface area contributed by atoms with E-state index in [0.29, 0.717) is 23.8 Å². The van der Waals surface area contributed by atoms with E-state index in [1.165, 1.54) is 6.42 Å². The van der Waals surface area contributed by atoms with Crippen LogP contribution in [0.1, 0.15) is 27.2 Å². The second-order valence-corrected chi connectivity index (χ2v) is 5.39.